The lowest BCUT2D eigenvalue weighted by atomic mass is 9.80. The van der Waals surface area contributed by atoms with E-state index in [0.29, 0.717) is 6.54 Å². The highest BCUT2D eigenvalue weighted by molar-refractivity contribution is 7.89. The second-order valence-corrected chi connectivity index (χ2v) is 6.71. The molecule has 1 aliphatic carbocycles. The van der Waals surface area contributed by atoms with Crippen LogP contribution < -0.4 is 10.5 Å². The molecule has 1 aromatic rings. The monoisotopic (exact) mass is 316 g/mol. The molecule has 0 bridgehead atoms. The number of benzene rings is 1. The Morgan fingerprint density at radius 1 is 1.43 bits per heavy atom. The summed E-state index contributed by atoms with van der Waals surface area (Å²) in [5.41, 5.74) is -0.462. The third kappa shape index (κ3) is 3.58. The van der Waals surface area contributed by atoms with E-state index in [1.165, 1.54) is 0 Å². The Hall–Kier alpha value is -1.51. The van der Waals surface area contributed by atoms with E-state index in [1.807, 2.05) is 0 Å². The van der Waals surface area contributed by atoms with Crippen LogP contribution in [0.2, 0.25) is 0 Å². The minimum absolute atomic E-state index is 0.0930. The highest BCUT2D eigenvalue weighted by Gasteiger charge is 2.37. The first-order chi connectivity index (χ1) is 9.76. The molecule has 21 heavy (non-hydrogen) atoms. The van der Waals surface area contributed by atoms with Crippen LogP contribution in [0.4, 0.5) is 4.39 Å². The summed E-state index contributed by atoms with van der Waals surface area (Å²) in [7, 11) is -2.49. The summed E-state index contributed by atoms with van der Waals surface area (Å²) >= 11 is 0. The number of halogens is 1. The summed E-state index contributed by atoms with van der Waals surface area (Å²) in [6.07, 6.45) is 2.71. The second-order valence-electron chi connectivity index (χ2n) is 5.14. The molecule has 3 N–H and O–H groups in total. The molecule has 0 aromatic heterocycles. The Morgan fingerprint density at radius 2 is 2.10 bits per heavy atom. The standard InChI is InChI=1S/C13H17FN2O4S/c1-20-13(3-2-4-13)8-16-12(17)9-5-10(14)7-11(6-9)21(15,18)19/h5-7H,2-4,8H2,1H3,(H,16,17)(H2,15,18,19). The maximum Gasteiger partial charge on any atom is 0.251 e. The molecule has 1 aromatic carbocycles. The fourth-order valence-corrected chi connectivity index (χ4v) is 2.79. The van der Waals surface area contributed by atoms with Gasteiger partial charge in [-0.3, -0.25) is 4.79 Å². The number of methoxy groups -OCH3 is 1. The average Bonchev–Trinajstić information content (AvgIpc) is 2.36. The van der Waals surface area contributed by atoms with Crippen LogP contribution in [0.3, 0.4) is 0 Å². The largest absolute Gasteiger partial charge is 0.376 e. The van der Waals surface area contributed by atoms with Gasteiger partial charge in [0.1, 0.15) is 5.82 Å². The molecule has 1 fully saturated rings. The van der Waals surface area contributed by atoms with Crippen molar-refractivity contribution in [1.82, 2.24) is 5.32 Å². The van der Waals surface area contributed by atoms with Gasteiger partial charge in [0.05, 0.1) is 10.5 Å². The van der Waals surface area contributed by atoms with Crippen molar-refractivity contribution in [2.45, 2.75) is 29.8 Å². The molecule has 0 unspecified atom stereocenters. The Morgan fingerprint density at radius 3 is 2.57 bits per heavy atom. The van der Waals surface area contributed by atoms with E-state index in [2.05, 4.69) is 5.32 Å². The fraction of sp³-hybridized carbons (Fsp3) is 0.462. The topological polar surface area (TPSA) is 98.5 Å². The number of hydrogen-bond acceptors (Lipinski definition) is 4. The molecular formula is C13H17FN2O4S. The van der Waals surface area contributed by atoms with Crippen LogP contribution in [0.5, 0.6) is 0 Å². The van der Waals surface area contributed by atoms with Crippen molar-refractivity contribution in [3.63, 3.8) is 0 Å². The molecular weight excluding hydrogens is 299 g/mol. The highest BCUT2D eigenvalue weighted by Crippen LogP contribution is 2.34. The van der Waals surface area contributed by atoms with Gasteiger partial charge in [-0.25, -0.2) is 17.9 Å². The number of sulfonamides is 1. The summed E-state index contributed by atoms with van der Waals surface area (Å²) in [6.45, 7) is 0.295. The maximum absolute atomic E-state index is 13.4. The zero-order valence-electron chi connectivity index (χ0n) is 11.6. The predicted molar refractivity (Wildman–Crippen MR) is 73.7 cm³/mol. The number of nitrogens with one attached hydrogen (secondary N) is 1. The molecule has 0 atom stereocenters. The molecule has 0 saturated heterocycles. The van der Waals surface area contributed by atoms with Crippen LogP contribution in [0.1, 0.15) is 29.6 Å². The van der Waals surface area contributed by atoms with Crippen LogP contribution in [-0.4, -0.2) is 33.6 Å². The van der Waals surface area contributed by atoms with Gasteiger partial charge in [0.15, 0.2) is 0 Å². The highest BCUT2D eigenvalue weighted by atomic mass is 32.2. The third-order valence-electron chi connectivity index (χ3n) is 3.73. The van der Waals surface area contributed by atoms with E-state index in [9.17, 15) is 17.6 Å². The second kappa shape index (κ2) is 5.70. The van der Waals surface area contributed by atoms with Gasteiger partial charge in [0.2, 0.25) is 10.0 Å². The lowest BCUT2D eigenvalue weighted by Crippen LogP contribution is -2.49. The molecule has 1 amide bonds. The number of ether oxygens (including phenoxy) is 1. The number of primary sulfonamides is 1. The van der Waals surface area contributed by atoms with Gasteiger partial charge in [-0.1, -0.05) is 0 Å². The van der Waals surface area contributed by atoms with Crippen LogP contribution in [-0.2, 0) is 14.8 Å². The molecule has 6 nitrogen and oxygen atoms in total. The smallest absolute Gasteiger partial charge is 0.251 e. The number of amides is 1. The van der Waals surface area contributed by atoms with E-state index in [0.717, 1.165) is 37.5 Å². The Bertz CT molecular complexity index is 651. The fourth-order valence-electron chi connectivity index (χ4n) is 2.23. The minimum Gasteiger partial charge on any atom is -0.376 e. The summed E-state index contributed by atoms with van der Waals surface area (Å²) in [6, 6.07) is 2.78. The van der Waals surface area contributed by atoms with Gasteiger partial charge in [0.25, 0.3) is 5.91 Å². The van der Waals surface area contributed by atoms with E-state index in [4.69, 9.17) is 9.88 Å². The number of rotatable bonds is 5. The number of carbonyl (C=O) groups excluding carboxylic acids is 1. The molecule has 0 radical (unpaired) electrons. The van der Waals surface area contributed by atoms with Crippen molar-refractivity contribution < 1.29 is 22.3 Å². The molecule has 0 aliphatic heterocycles. The molecule has 0 spiro atoms. The first kappa shape index (κ1) is 15.9. The normalized spacial score (nSPS) is 17.1. The first-order valence-electron chi connectivity index (χ1n) is 6.42. The van der Waals surface area contributed by atoms with Gasteiger partial charge in [-0.2, -0.15) is 0 Å². The lowest BCUT2D eigenvalue weighted by molar-refractivity contribution is -0.0679. The Kier molecular flexibility index (Phi) is 4.31. The summed E-state index contributed by atoms with van der Waals surface area (Å²) in [5, 5.41) is 7.58. The van der Waals surface area contributed by atoms with Crippen molar-refractivity contribution in [3.05, 3.63) is 29.6 Å². The zero-order valence-corrected chi connectivity index (χ0v) is 12.4. The molecule has 2 rings (SSSR count). The number of carbonyl (C=O) groups is 1. The van der Waals surface area contributed by atoms with E-state index in [1.54, 1.807) is 7.11 Å². The summed E-state index contributed by atoms with van der Waals surface area (Å²) in [5.74, 6) is -1.40. The van der Waals surface area contributed by atoms with Crippen molar-refractivity contribution in [3.8, 4) is 0 Å². The first-order valence-corrected chi connectivity index (χ1v) is 7.97. The van der Waals surface area contributed by atoms with Gasteiger partial charge < -0.3 is 10.1 Å². The maximum atomic E-state index is 13.4. The molecule has 1 aliphatic rings. The van der Waals surface area contributed by atoms with E-state index in [-0.39, 0.29) is 11.2 Å². The van der Waals surface area contributed by atoms with Gasteiger partial charge >= 0.3 is 0 Å². The third-order valence-corrected chi connectivity index (χ3v) is 4.62. The SMILES string of the molecule is COC1(CNC(=O)c2cc(F)cc(S(N)(=O)=O)c2)CCC1. The Labute approximate surface area is 122 Å². The predicted octanol–water partition coefficient (Wildman–Crippen LogP) is 0.772. The van der Waals surface area contributed by atoms with Crippen molar-refractivity contribution in [1.29, 1.82) is 0 Å². The zero-order chi connectivity index (χ0) is 15.7. The van der Waals surface area contributed by atoms with Crippen molar-refractivity contribution in [2.75, 3.05) is 13.7 Å². The molecule has 1 saturated carbocycles. The van der Waals surface area contributed by atoms with Crippen molar-refractivity contribution >= 4 is 15.9 Å². The van der Waals surface area contributed by atoms with Gasteiger partial charge in [-0.05, 0) is 37.5 Å². The molecule has 116 valence electrons. The lowest BCUT2D eigenvalue weighted by Gasteiger charge is -2.40. The van der Waals surface area contributed by atoms with Gasteiger partial charge in [0, 0.05) is 19.2 Å². The number of hydrogen-bond donors (Lipinski definition) is 2. The summed E-state index contributed by atoms with van der Waals surface area (Å²) < 4.78 is 41.2. The molecule has 8 heteroatoms. The number of nitrogens with two attached hydrogens (primary N) is 1. The summed E-state index contributed by atoms with van der Waals surface area (Å²) in [4.78, 5) is 11.6. The quantitative estimate of drug-likeness (QED) is 0.838. The van der Waals surface area contributed by atoms with Crippen LogP contribution in [0.15, 0.2) is 23.1 Å². The Balaban J connectivity index is 2.14. The van der Waals surface area contributed by atoms with E-state index >= 15 is 0 Å². The molecule has 0 heterocycles. The van der Waals surface area contributed by atoms with Crippen LogP contribution in [0, 0.1) is 5.82 Å². The van der Waals surface area contributed by atoms with Crippen LogP contribution in [0.25, 0.3) is 0 Å². The van der Waals surface area contributed by atoms with Crippen LogP contribution >= 0.6 is 0 Å². The van der Waals surface area contributed by atoms with Crippen molar-refractivity contribution in [2.24, 2.45) is 5.14 Å². The average molecular weight is 316 g/mol. The minimum atomic E-state index is -4.07. The van der Waals surface area contributed by atoms with E-state index < -0.39 is 26.6 Å². The van der Waals surface area contributed by atoms with Gasteiger partial charge in [-0.15, -0.1) is 0 Å².